The number of benzene rings is 3. The summed E-state index contributed by atoms with van der Waals surface area (Å²) in [4.78, 5) is 12.5. The number of carbonyl (C=O) groups excluding carboxylic acids is 1. The van der Waals surface area contributed by atoms with Gasteiger partial charge in [0.1, 0.15) is 0 Å². The summed E-state index contributed by atoms with van der Waals surface area (Å²) in [5.41, 5.74) is 2.86. The number of amides is 1. The highest BCUT2D eigenvalue weighted by molar-refractivity contribution is 7.90. The predicted molar refractivity (Wildman–Crippen MR) is 99.4 cm³/mol. The molecule has 0 heterocycles. The highest BCUT2D eigenvalue weighted by atomic mass is 32.2. The van der Waals surface area contributed by atoms with Crippen LogP contribution in [-0.2, 0) is 9.84 Å². The van der Waals surface area contributed by atoms with Crippen LogP contribution in [0.1, 0.15) is 10.4 Å². The van der Waals surface area contributed by atoms with Crippen LogP contribution in [0.4, 0.5) is 5.69 Å². The van der Waals surface area contributed by atoms with E-state index in [0.717, 1.165) is 17.4 Å². The second-order valence-corrected chi connectivity index (χ2v) is 7.65. The Hall–Kier alpha value is -2.92. The largest absolute Gasteiger partial charge is 0.322 e. The Morgan fingerprint density at radius 3 is 1.96 bits per heavy atom. The van der Waals surface area contributed by atoms with E-state index in [2.05, 4.69) is 5.32 Å². The summed E-state index contributed by atoms with van der Waals surface area (Å²) in [5, 5.41) is 2.75. The summed E-state index contributed by atoms with van der Waals surface area (Å²) < 4.78 is 23.7. The van der Waals surface area contributed by atoms with Gasteiger partial charge in [-0.1, -0.05) is 54.6 Å². The molecule has 0 fully saturated rings. The van der Waals surface area contributed by atoms with Crippen LogP contribution in [-0.4, -0.2) is 20.6 Å². The molecule has 126 valence electrons. The van der Waals surface area contributed by atoms with E-state index in [1.807, 2.05) is 42.5 Å². The molecule has 0 radical (unpaired) electrons. The molecular weight excluding hydrogens is 334 g/mol. The summed E-state index contributed by atoms with van der Waals surface area (Å²) in [7, 11) is -3.47. The van der Waals surface area contributed by atoms with Gasteiger partial charge in [-0.3, -0.25) is 4.79 Å². The molecule has 0 atom stereocenters. The van der Waals surface area contributed by atoms with Crippen molar-refractivity contribution in [1.29, 1.82) is 0 Å². The molecule has 5 heteroatoms. The molecule has 1 N–H and O–H groups in total. The quantitative estimate of drug-likeness (QED) is 0.772. The number of hydrogen-bond donors (Lipinski definition) is 1. The van der Waals surface area contributed by atoms with Crippen LogP contribution in [0, 0.1) is 0 Å². The summed E-state index contributed by atoms with van der Waals surface area (Å²) in [6.07, 6.45) is 1.09. The minimum atomic E-state index is -3.47. The SMILES string of the molecule is CS(=O)(=O)c1ccccc1C(=O)Nc1ccc(-c2ccccc2)cc1. The van der Waals surface area contributed by atoms with E-state index in [4.69, 9.17) is 0 Å². The number of rotatable bonds is 4. The predicted octanol–water partition coefficient (Wildman–Crippen LogP) is 4.01. The molecule has 0 unspecified atom stereocenters. The van der Waals surface area contributed by atoms with Gasteiger partial charge < -0.3 is 5.32 Å². The highest BCUT2D eigenvalue weighted by Gasteiger charge is 2.18. The van der Waals surface area contributed by atoms with Crippen molar-refractivity contribution in [3.05, 3.63) is 84.4 Å². The molecule has 25 heavy (non-hydrogen) atoms. The molecule has 4 nitrogen and oxygen atoms in total. The minimum absolute atomic E-state index is 0.0217. The van der Waals surface area contributed by atoms with E-state index in [0.29, 0.717) is 5.69 Å². The monoisotopic (exact) mass is 351 g/mol. The zero-order valence-corrected chi connectivity index (χ0v) is 14.5. The van der Waals surface area contributed by atoms with Crippen LogP contribution in [0.5, 0.6) is 0 Å². The number of sulfone groups is 1. The number of hydrogen-bond acceptors (Lipinski definition) is 3. The fourth-order valence-corrected chi connectivity index (χ4v) is 3.44. The first-order chi connectivity index (χ1) is 11.9. The smallest absolute Gasteiger partial charge is 0.256 e. The first kappa shape index (κ1) is 16.9. The summed E-state index contributed by atoms with van der Waals surface area (Å²) in [5.74, 6) is -0.450. The van der Waals surface area contributed by atoms with Crippen LogP contribution in [0.3, 0.4) is 0 Å². The normalized spacial score (nSPS) is 11.1. The Morgan fingerprint density at radius 1 is 0.760 bits per heavy atom. The van der Waals surface area contributed by atoms with E-state index in [-0.39, 0.29) is 10.5 Å². The molecule has 3 aromatic rings. The lowest BCUT2D eigenvalue weighted by molar-refractivity contribution is 0.102. The topological polar surface area (TPSA) is 63.2 Å². The van der Waals surface area contributed by atoms with Crippen LogP contribution < -0.4 is 5.32 Å². The summed E-state index contributed by atoms with van der Waals surface area (Å²) in [6.45, 7) is 0. The van der Waals surface area contributed by atoms with Gasteiger partial charge in [0.05, 0.1) is 10.5 Å². The first-order valence-corrected chi connectivity index (χ1v) is 9.60. The van der Waals surface area contributed by atoms with E-state index >= 15 is 0 Å². The van der Waals surface area contributed by atoms with Crippen molar-refractivity contribution in [2.24, 2.45) is 0 Å². The van der Waals surface area contributed by atoms with E-state index in [1.165, 1.54) is 12.1 Å². The Labute approximate surface area is 147 Å². The van der Waals surface area contributed by atoms with Crippen molar-refractivity contribution in [1.82, 2.24) is 0 Å². The molecular formula is C20H17NO3S. The molecule has 0 spiro atoms. The second-order valence-electron chi connectivity index (χ2n) is 5.67. The van der Waals surface area contributed by atoms with Gasteiger partial charge in [-0.2, -0.15) is 0 Å². The molecule has 0 saturated heterocycles. The van der Waals surface area contributed by atoms with Crippen molar-refractivity contribution >= 4 is 21.4 Å². The summed E-state index contributed by atoms with van der Waals surface area (Å²) in [6, 6.07) is 23.5. The van der Waals surface area contributed by atoms with Crippen molar-refractivity contribution in [3.8, 4) is 11.1 Å². The maximum Gasteiger partial charge on any atom is 0.256 e. The molecule has 3 aromatic carbocycles. The second kappa shape index (κ2) is 6.91. The molecule has 0 bridgehead atoms. The Balaban J connectivity index is 1.83. The van der Waals surface area contributed by atoms with Crippen molar-refractivity contribution in [2.75, 3.05) is 11.6 Å². The highest BCUT2D eigenvalue weighted by Crippen LogP contribution is 2.22. The Kier molecular flexibility index (Phi) is 4.67. The molecule has 0 aliphatic rings. The standard InChI is InChI=1S/C20H17NO3S/c1-25(23,24)19-10-6-5-9-18(19)20(22)21-17-13-11-16(12-14-17)15-7-3-2-4-8-15/h2-14H,1H3,(H,21,22). The Bertz CT molecular complexity index is 995. The van der Waals surface area contributed by atoms with Gasteiger partial charge in [0, 0.05) is 11.9 Å². The third-order valence-corrected chi connectivity index (χ3v) is 4.94. The third kappa shape index (κ3) is 3.95. The van der Waals surface area contributed by atoms with E-state index in [9.17, 15) is 13.2 Å². The maximum absolute atomic E-state index is 12.5. The average Bonchev–Trinajstić information content (AvgIpc) is 2.62. The van der Waals surface area contributed by atoms with Gasteiger partial charge in [-0.05, 0) is 35.4 Å². The fraction of sp³-hybridized carbons (Fsp3) is 0.0500. The van der Waals surface area contributed by atoms with Crippen molar-refractivity contribution in [3.63, 3.8) is 0 Å². The molecule has 3 rings (SSSR count). The van der Waals surface area contributed by atoms with Gasteiger partial charge in [-0.25, -0.2) is 8.42 Å². The summed E-state index contributed by atoms with van der Waals surface area (Å²) >= 11 is 0. The average molecular weight is 351 g/mol. The van der Waals surface area contributed by atoms with Gasteiger partial charge >= 0.3 is 0 Å². The molecule has 1 amide bonds. The van der Waals surface area contributed by atoms with Crippen LogP contribution >= 0.6 is 0 Å². The first-order valence-electron chi connectivity index (χ1n) is 7.71. The lowest BCUT2D eigenvalue weighted by atomic mass is 10.1. The number of nitrogens with one attached hydrogen (secondary N) is 1. The van der Waals surface area contributed by atoms with Crippen LogP contribution in [0.2, 0.25) is 0 Å². The Morgan fingerprint density at radius 2 is 1.32 bits per heavy atom. The molecule has 0 saturated carbocycles. The van der Waals surface area contributed by atoms with Crippen molar-refractivity contribution < 1.29 is 13.2 Å². The van der Waals surface area contributed by atoms with Gasteiger partial charge in [-0.15, -0.1) is 0 Å². The van der Waals surface area contributed by atoms with Gasteiger partial charge in [0.2, 0.25) is 0 Å². The van der Waals surface area contributed by atoms with Gasteiger partial charge in [0.15, 0.2) is 9.84 Å². The zero-order chi connectivity index (χ0) is 17.9. The van der Waals surface area contributed by atoms with E-state index < -0.39 is 15.7 Å². The molecule has 0 aliphatic carbocycles. The minimum Gasteiger partial charge on any atom is -0.322 e. The maximum atomic E-state index is 12.5. The number of carbonyl (C=O) groups is 1. The molecule has 0 aliphatic heterocycles. The third-order valence-electron chi connectivity index (χ3n) is 3.78. The number of anilines is 1. The van der Waals surface area contributed by atoms with Crippen molar-refractivity contribution in [2.45, 2.75) is 4.90 Å². The van der Waals surface area contributed by atoms with E-state index in [1.54, 1.807) is 24.3 Å². The molecule has 0 aromatic heterocycles. The lowest BCUT2D eigenvalue weighted by Crippen LogP contribution is -2.15. The fourth-order valence-electron chi connectivity index (χ4n) is 2.55. The van der Waals surface area contributed by atoms with Crippen LogP contribution in [0.15, 0.2) is 83.8 Å². The zero-order valence-electron chi connectivity index (χ0n) is 13.6. The van der Waals surface area contributed by atoms with Crippen LogP contribution in [0.25, 0.3) is 11.1 Å². The van der Waals surface area contributed by atoms with Gasteiger partial charge in [0.25, 0.3) is 5.91 Å². The lowest BCUT2D eigenvalue weighted by Gasteiger charge is -2.09.